The van der Waals surface area contributed by atoms with E-state index in [-0.39, 0.29) is 18.4 Å². The normalized spacial score (nSPS) is 15.4. The fourth-order valence-electron chi connectivity index (χ4n) is 2.12. The predicted octanol–water partition coefficient (Wildman–Crippen LogP) is 0.652. The van der Waals surface area contributed by atoms with E-state index in [4.69, 9.17) is 10.5 Å². The van der Waals surface area contributed by atoms with E-state index in [0.717, 1.165) is 30.8 Å². The maximum absolute atomic E-state index is 11.4. The number of carbonyl (C=O) groups is 1. The summed E-state index contributed by atoms with van der Waals surface area (Å²) in [6.45, 7) is 0.781. The number of hydrogen-bond acceptors (Lipinski definition) is 4. The summed E-state index contributed by atoms with van der Waals surface area (Å²) < 4.78 is 5.55. The SMILES string of the molecule is CNNC(=O)CC(N)c1ccc2c(c1)CCCO2. The number of nitrogens with two attached hydrogens (primary N) is 1. The summed E-state index contributed by atoms with van der Waals surface area (Å²) in [5.41, 5.74) is 13.3. The van der Waals surface area contributed by atoms with Crippen LogP contribution in [-0.2, 0) is 11.2 Å². The number of aryl methyl sites for hydroxylation is 1. The van der Waals surface area contributed by atoms with Crippen LogP contribution in [0.25, 0.3) is 0 Å². The topological polar surface area (TPSA) is 76.4 Å². The minimum atomic E-state index is -0.287. The number of ether oxygens (including phenoxy) is 1. The minimum absolute atomic E-state index is 0.112. The van der Waals surface area contributed by atoms with Crippen molar-refractivity contribution in [3.05, 3.63) is 29.3 Å². The molecule has 0 aliphatic carbocycles. The van der Waals surface area contributed by atoms with E-state index in [9.17, 15) is 4.79 Å². The largest absolute Gasteiger partial charge is 0.493 e. The summed E-state index contributed by atoms with van der Waals surface area (Å²) >= 11 is 0. The number of hydrogen-bond donors (Lipinski definition) is 3. The summed E-state index contributed by atoms with van der Waals surface area (Å²) in [6, 6.07) is 5.64. The lowest BCUT2D eigenvalue weighted by molar-refractivity contribution is -0.122. The molecule has 0 aromatic heterocycles. The van der Waals surface area contributed by atoms with E-state index >= 15 is 0 Å². The van der Waals surface area contributed by atoms with Gasteiger partial charge in [-0.3, -0.25) is 10.2 Å². The second kappa shape index (κ2) is 5.84. The van der Waals surface area contributed by atoms with Crippen LogP contribution in [0.3, 0.4) is 0 Å². The zero-order valence-corrected chi connectivity index (χ0v) is 10.5. The first-order valence-electron chi connectivity index (χ1n) is 6.17. The van der Waals surface area contributed by atoms with Gasteiger partial charge < -0.3 is 10.5 Å². The van der Waals surface area contributed by atoms with E-state index < -0.39 is 0 Å². The Morgan fingerprint density at radius 2 is 2.39 bits per heavy atom. The summed E-state index contributed by atoms with van der Waals surface area (Å²) in [5.74, 6) is 0.829. The Balaban J connectivity index is 2.06. The zero-order valence-electron chi connectivity index (χ0n) is 10.5. The smallest absolute Gasteiger partial charge is 0.235 e. The maximum Gasteiger partial charge on any atom is 0.235 e. The molecule has 0 saturated carbocycles. The molecule has 0 fully saturated rings. The quantitative estimate of drug-likeness (QED) is 0.685. The van der Waals surface area contributed by atoms with Crippen LogP contribution in [0.2, 0.25) is 0 Å². The van der Waals surface area contributed by atoms with Crippen molar-refractivity contribution in [3.63, 3.8) is 0 Å². The molecular weight excluding hydrogens is 230 g/mol. The molecule has 1 aliphatic heterocycles. The average Bonchev–Trinajstić information content (AvgIpc) is 2.38. The molecule has 5 nitrogen and oxygen atoms in total. The molecule has 2 rings (SSSR count). The summed E-state index contributed by atoms with van der Waals surface area (Å²) in [7, 11) is 1.65. The van der Waals surface area contributed by atoms with Gasteiger partial charge in [-0.15, -0.1) is 0 Å². The Morgan fingerprint density at radius 1 is 1.56 bits per heavy atom. The molecule has 1 amide bonds. The number of nitrogens with one attached hydrogen (secondary N) is 2. The summed E-state index contributed by atoms with van der Waals surface area (Å²) in [4.78, 5) is 11.4. The maximum atomic E-state index is 11.4. The Hall–Kier alpha value is -1.59. The first kappa shape index (κ1) is 12.9. The fourth-order valence-corrected chi connectivity index (χ4v) is 2.12. The molecule has 1 atom stereocenters. The van der Waals surface area contributed by atoms with Gasteiger partial charge in [0.15, 0.2) is 0 Å². The highest BCUT2D eigenvalue weighted by Gasteiger charge is 2.15. The van der Waals surface area contributed by atoms with Crippen molar-refractivity contribution in [1.29, 1.82) is 0 Å². The number of carbonyl (C=O) groups excluding carboxylic acids is 1. The van der Waals surface area contributed by atoms with E-state index in [1.807, 2.05) is 18.2 Å². The van der Waals surface area contributed by atoms with Crippen LogP contribution >= 0.6 is 0 Å². The number of hydrazine groups is 1. The lowest BCUT2D eigenvalue weighted by atomic mass is 9.98. The molecule has 1 aliphatic rings. The third kappa shape index (κ3) is 3.00. The molecule has 0 bridgehead atoms. The second-order valence-corrected chi connectivity index (χ2v) is 4.43. The molecule has 0 saturated heterocycles. The number of rotatable bonds is 4. The van der Waals surface area contributed by atoms with Gasteiger partial charge in [0.2, 0.25) is 5.91 Å². The molecular formula is C13H19N3O2. The molecule has 4 N–H and O–H groups in total. The van der Waals surface area contributed by atoms with Crippen molar-refractivity contribution >= 4 is 5.91 Å². The average molecular weight is 249 g/mol. The van der Waals surface area contributed by atoms with Gasteiger partial charge in [0, 0.05) is 19.5 Å². The molecule has 98 valence electrons. The van der Waals surface area contributed by atoms with E-state index in [1.165, 1.54) is 5.56 Å². The van der Waals surface area contributed by atoms with Crippen molar-refractivity contribution in [1.82, 2.24) is 10.9 Å². The molecule has 0 spiro atoms. The number of amides is 1. The highest BCUT2D eigenvalue weighted by Crippen LogP contribution is 2.27. The van der Waals surface area contributed by atoms with Gasteiger partial charge in [-0.25, -0.2) is 5.43 Å². The Morgan fingerprint density at radius 3 is 3.17 bits per heavy atom. The Labute approximate surface area is 107 Å². The molecule has 1 heterocycles. The van der Waals surface area contributed by atoms with Crippen LogP contribution < -0.4 is 21.3 Å². The first-order chi connectivity index (χ1) is 8.70. The molecule has 5 heteroatoms. The van der Waals surface area contributed by atoms with Crippen LogP contribution in [0.1, 0.15) is 30.0 Å². The van der Waals surface area contributed by atoms with Crippen LogP contribution in [-0.4, -0.2) is 19.6 Å². The number of fused-ring (bicyclic) bond motifs is 1. The van der Waals surface area contributed by atoms with E-state index in [1.54, 1.807) is 7.05 Å². The lowest BCUT2D eigenvalue weighted by Gasteiger charge is -2.19. The standard InChI is InChI=1S/C13H19N3O2/c1-15-16-13(17)8-11(14)9-4-5-12-10(7-9)3-2-6-18-12/h4-5,7,11,15H,2-3,6,8,14H2,1H3,(H,16,17). The van der Waals surface area contributed by atoms with Crippen LogP contribution in [0.5, 0.6) is 5.75 Å². The summed E-state index contributed by atoms with van der Waals surface area (Å²) in [6.07, 6.45) is 2.31. The van der Waals surface area contributed by atoms with Crippen LogP contribution in [0, 0.1) is 0 Å². The van der Waals surface area contributed by atoms with Gasteiger partial charge >= 0.3 is 0 Å². The third-order valence-corrected chi connectivity index (χ3v) is 3.03. The van der Waals surface area contributed by atoms with E-state index in [0.29, 0.717) is 0 Å². The minimum Gasteiger partial charge on any atom is -0.493 e. The lowest BCUT2D eigenvalue weighted by Crippen LogP contribution is -2.36. The first-order valence-corrected chi connectivity index (χ1v) is 6.17. The van der Waals surface area contributed by atoms with Crippen LogP contribution in [0.15, 0.2) is 18.2 Å². The highest BCUT2D eigenvalue weighted by atomic mass is 16.5. The van der Waals surface area contributed by atoms with Crippen molar-refractivity contribution in [2.24, 2.45) is 5.73 Å². The Bertz CT molecular complexity index is 434. The fraction of sp³-hybridized carbons (Fsp3) is 0.462. The zero-order chi connectivity index (χ0) is 13.0. The number of benzene rings is 1. The molecule has 0 radical (unpaired) electrons. The summed E-state index contributed by atoms with van der Waals surface area (Å²) in [5, 5.41) is 0. The van der Waals surface area contributed by atoms with Crippen LogP contribution in [0.4, 0.5) is 0 Å². The van der Waals surface area contributed by atoms with Gasteiger partial charge in [0.25, 0.3) is 0 Å². The highest BCUT2D eigenvalue weighted by molar-refractivity contribution is 5.76. The monoisotopic (exact) mass is 249 g/mol. The van der Waals surface area contributed by atoms with Crippen molar-refractivity contribution in [2.75, 3.05) is 13.7 Å². The van der Waals surface area contributed by atoms with Crippen molar-refractivity contribution in [3.8, 4) is 5.75 Å². The second-order valence-electron chi connectivity index (χ2n) is 4.43. The molecule has 1 unspecified atom stereocenters. The van der Waals surface area contributed by atoms with Crippen molar-refractivity contribution < 1.29 is 9.53 Å². The van der Waals surface area contributed by atoms with Crippen molar-refractivity contribution in [2.45, 2.75) is 25.3 Å². The molecule has 18 heavy (non-hydrogen) atoms. The predicted molar refractivity (Wildman–Crippen MR) is 69.0 cm³/mol. The third-order valence-electron chi connectivity index (χ3n) is 3.03. The molecule has 1 aromatic rings. The van der Waals surface area contributed by atoms with Gasteiger partial charge in [0.1, 0.15) is 5.75 Å². The Kier molecular flexibility index (Phi) is 4.17. The molecule has 1 aromatic carbocycles. The van der Waals surface area contributed by atoms with E-state index in [2.05, 4.69) is 10.9 Å². The van der Waals surface area contributed by atoms with Gasteiger partial charge in [-0.05, 0) is 30.0 Å². The van der Waals surface area contributed by atoms with Gasteiger partial charge in [0.05, 0.1) is 6.61 Å². The van der Waals surface area contributed by atoms with Gasteiger partial charge in [-0.1, -0.05) is 12.1 Å². The van der Waals surface area contributed by atoms with Gasteiger partial charge in [-0.2, -0.15) is 0 Å².